The van der Waals surface area contributed by atoms with Crippen molar-refractivity contribution in [2.45, 2.75) is 50.7 Å². The number of hydrogen-bond acceptors (Lipinski definition) is 5. The molecule has 128 valence electrons. The second-order valence-corrected chi connectivity index (χ2v) is 8.09. The average Bonchev–Trinajstić information content (AvgIpc) is 2.96. The van der Waals surface area contributed by atoms with Gasteiger partial charge in [-0.1, -0.05) is 0 Å². The van der Waals surface area contributed by atoms with E-state index in [2.05, 4.69) is 0 Å². The summed E-state index contributed by atoms with van der Waals surface area (Å²) in [4.78, 5) is 26.4. The van der Waals surface area contributed by atoms with Gasteiger partial charge in [-0.2, -0.15) is 0 Å². The summed E-state index contributed by atoms with van der Waals surface area (Å²) >= 11 is 0. The van der Waals surface area contributed by atoms with Crippen molar-refractivity contribution in [3.05, 3.63) is 0 Å². The number of carbonyl (C=O) groups is 2. The fourth-order valence-corrected chi connectivity index (χ4v) is 5.78. The van der Waals surface area contributed by atoms with Gasteiger partial charge >= 0.3 is 12.1 Å². The van der Waals surface area contributed by atoms with Crippen LogP contribution in [0.4, 0.5) is 4.79 Å². The van der Waals surface area contributed by atoms with Crippen LogP contribution in [0, 0.1) is 23.2 Å². The minimum absolute atomic E-state index is 0.0337. The summed E-state index contributed by atoms with van der Waals surface area (Å²) in [5, 5.41) is 0. The molecule has 5 aliphatic rings. The SMILES string of the molecule is COC(=O)[C@]12CC3CC(C1)[C@@H](OC(=O)N1CC[C@@H](N)C1)C(C3)C2. The zero-order chi connectivity index (χ0) is 16.2. The molecular weight excluding hydrogens is 296 g/mol. The highest BCUT2D eigenvalue weighted by Gasteiger charge is 2.60. The van der Waals surface area contributed by atoms with Crippen LogP contribution in [0.1, 0.15) is 38.5 Å². The van der Waals surface area contributed by atoms with Gasteiger partial charge in [0.15, 0.2) is 0 Å². The molecule has 0 aromatic carbocycles. The van der Waals surface area contributed by atoms with E-state index in [1.165, 1.54) is 7.11 Å². The van der Waals surface area contributed by atoms with Crippen LogP contribution in [0.25, 0.3) is 0 Å². The van der Waals surface area contributed by atoms with Crippen LogP contribution >= 0.6 is 0 Å². The zero-order valence-corrected chi connectivity index (χ0v) is 13.7. The van der Waals surface area contributed by atoms with E-state index in [0.717, 1.165) is 38.5 Å². The van der Waals surface area contributed by atoms with Crippen LogP contribution in [0.5, 0.6) is 0 Å². The van der Waals surface area contributed by atoms with E-state index in [-0.39, 0.29) is 29.6 Å². The van der Waals surface area contributed by atoms with Crippen LogP contribution in [0.15, 0.2) is 0 Å². The van der Waals surface area contributed by atoms with Crippen molar-refractivity contribution in [1.82, 2.24) is 4.90 Å². The van der Waals surface area contributed by atoms with Crippen molar-refractivity contribution in [3.63, 3.8) is 0 Å². The van der Waals surface area contributed by atoms with Crippen LogP contribution in [-0.4, -0.2) is 49.3 Å². The Morgan fingerprint density at radius 2 is 1.87 bits per heavy atom. The Labute approximate surface area is 136 Å². The van der Waals surface area contributed by atoms with Gasteiger partial charge < -0.3 is 20.1 Å². The van der Waals surface area contributed by atoms with Gasteiger partial charge in [0.25, 0.3) is 0 Å². The standard InChI is InChI=1S/C17H26N2O4/c1-22-15(20)17-6-10-4-11(7-17)14(12(5-10)8-17)23-16(21)19-3-2-13(18)9-19/h10-14H,2-9,18H2,1H3/t10?,11?,12?,13-,14-,17-/m1/s1. The highest BCUT2D eigenvalue weighted by molar-refractivity contribution is 5.77. The van der Waals surface area contributed by atoms with Crippen LogP contribution in [0.3, 0.4) is 0 Å². The number of amides is 1. The predicted molar refractivity (Wildman–Crippen MR) is 82.4 cm³/mol. The fraction of sp³-hybridized carbons (Fsp3) is 0.882. The number of carbonyl (C=O) groups excluding carboxylic acids is 2. The molecule has 1 amide bonds. The summed E-state index contributed by atoms with van der Waals surface area (Å²) in [6, 6.07) is 0.0728. The average molecular weight is 322 g/mol. The van der Waals surface area contributed by atoms with Gasteiger partial charge in [0.1, 0.15) is 6.10 Å². The van der Waals surface area contributed by atoms with Crippen molar-refractivity contribution < 1.29 is 19.1 Å². The minimum Gasteiger partial charge on any atom is -0.469 e. The normalized spacial score (nSPS) is 44.4. The molecule has 1 saturated heterocycles. The molecule has 2 unspecified atom stereocenters. The maximum Gasteiger partial charge on any atom is 0.410 e. The smallest absolute Gasteiger partial charge is 0.410 e. The molecule has 0 radical (unpaired) electrons. The first-order valence-corrected chi connectivity index (χ1v) is 8.80. The summed E-state index contributed by atoms with van der Waals surface area (Å²) in [5.41, 5.74) is 5.56. The van der Waals surface area contributed by atoms with E-state index in [1.54, 1.807) is 4.90 Å². The van der Waals surface area contributed by atoms with E-state index in [4.69, 9.17) is 15.2 Å². The Kier molecular flexibility index (Phi) is 3.55. The van der Waals surface area contributed by atoms with Gasteiger partial charge in [-0.3, -0.25) is 4.79 Å². The molecule has 6 heteroatoms. The number of hydrogen-bond donors (Lipinski definition) is 1. The first-order chi connectivity index (χ1) is 11.0. The quantitative estimate of drug-likeness (QED) is 0.780. The number of ether oxygens (including phenoxy) is 2. The van der Waals surface area contributed by atoms with Gasteiger partial charge in [0, 0.05) is 19.1 Å². The van der Waals surface area contributed by atoms with E-state index >= 15 is 0 Å². The molecule has 23 heavy (non-hydrogen) atoms. The van der Waals surface area contributed by atoms with Gasteiger partial charge in [-0.05, 0) is 56.3 Å². The molecule has 0 aromatic rings. The van der Waals surface area contributed by atoms with Crippen LogP contribution in [-0.2, 0) is 14.3 Å². The van der Waals surface area contributed by atoms with E-state index in [9.17, 15) is 9.59 Å². The fourth-order valence-electron chi connectivity index (χ4n) is 5.78. The monoisotopic (exact) mass is 322 g/mol. The Bertz CT molecular complexity index is 507. The largest absolute Gasteiger partial charge is 0.469 e. The van der Waals surface area contributed by atoms with Crippen molar-refractivity contribution >= 4 is 12.1 Å². The third-order valence-corrected chi connectivity index (χ3v) is 6.52. The molecule has 0 spiro atoms. The summed E-state index contributed by atoms with van der Waals surface area (Å²) in [6.07, 6.45) is 5.32. The number of rotatable bonds is 2. The first-order valence-electron chi connectivity index (χ1n) is 8.80. The second kappa shape index (κ2) is 5.36. The number of esters is 1. The second-order valence-electron chi connectivity index (χ2n) is 8.09. The van der Waals surface area contributed by atoms with E-state index in [0.29, 0.717) is 30.8 Å². The lowest BCUT2D eigenvalue weighted by molar-refractivity contribution is -0.182. The molecule has 4 saturated carbocycles. The lowest BCUT2D eigenvalue weighted by atomic mass is 9.48. The van der Waals surface area contributed by atoms with E-state index < -0.39 is 0 Å². The Morgan fingerprint density at radius 1 is 1.17 bits per heavy atom. The lowest BCUT2D eigenvalue weighted by Crippen LogP contribution is -2.58. The van der Waals surface area contributed by atoms with Crippen LogP contribution in [0.2, 0.25) is 0 Å². The number of nitrogens with zero attached hydrogens (tertiary/aromatic N) is 1. The van der Waals surface area contributed by atoms with Gasteiger partial charge in [-0.25, -0.2) is 4.79 Å². The Balaban J connectivity index is 1.46. The topological polar surface area (TPSA) is 81.9 Å². The van der Waals surface area contributed by atoms with Crippen molar-refractivity contribution in [2.75, 3.05) is 20.2 Å². The first kappa shape index (κ1) is 15.2. The summed E-state index contributed by atoms with van der Waals surface area (Å²) < 4.78 is 11.0. The highest BCUT2D eigenvalue weighted by atomic mass is 16.6. The third kappa shape index (κ3) is 2.42. The summed E-state index contributed by atoms with van der Waals surface area (Å²) in [6.45, 7) is 1.28. The molecule has 1 heterocycles. The molecule has 5 rings (SSSR count). The maximum absolute atomic E-state index is 12.4. The van der Waals surface area contributed by atoms with Crippen LogP contribution < -0.4 is 5.73 Å². The van der Waals surface area contributed by atoms with Gasteiger partial charge in [-0.15, -0.1) is 0 Å². The number of nitrogens with two attached hydrogens (primary N) is 1. The molecule has 5 fully saturated rings. The minimum atomic E-state index is -0.315. The molecular formula is C17H26N2O4. The summed E-state index contributed by atoms with van der Waals surface area (Å²) in [5.74, 6) is 1.13. The molecule has 3 atom stereocenters. The maximum atomic E-state index is 12.4. The van der Waals surface area contributed by atoms with E-state index in [1.807, 2.05) is 0 Å². The Morgan fingerprint density at radius 3 is 2.43 bits per heavy atom. The molecule has 4 aliphatic carbocycles. The van der Waals surface area contributed by atoms with Gasteiger partial charge in [0.05, 0.1) is 12.5 Å². The molecule has 0 aromatic heterocycles. The molecule has 4 bridgehead atoms. The van der Waals surface area contributed by atoms with Crippen molar-refractivity contribution in [3.8, 4) is 0 Å². The zero-order valence-electron chi connectivity index (χ0n) is 13.7. The molecule has 1 aliphatic heterocycles. The van der Waals surface area contributed by atoms with Crippen molar-refractivity contribution in [2.24, 2.45) is 28.9 Å². The lowest BCUT2D eigenvalue weighted by Gasteiger charge is -2.57. The molecule has 6 nitrogen and oxygen atoms in total. The summed E-state index contributed by atoms with van der Waals surface area (Å²) in [7, 11) is 1.48. The third-order valence-electron chi connectivity index (χ3n) is 6.52. The van der Waals surface area contributed by atoms with Crippen molar-refractivity contribution in [1.29, 1.82) is 0 Å². The van der Waals surface area contributed by atoms with Gasteiger partial charge in [0.2, 0.25) is 0 Å². The highest BCUT2D eigenvalue weighted by Crippen LogP contribution is 2.61. The number of likely N-dealkylation sites (tertiary alicyclic amines) is 1. The Hall–Kier alpha value is -1.30. The number of methoxy groups -OCH3 is 1. The molecule has 2 N–H and O–H groups in total. The predicted octanol–water partition coefficient (Wildman–Crippen LogP) is 1.52.